The van der Waals surface area contributed by atoms with E-state index in [1.165, 1.54) is 21.8 Å². The number of hydrogen-bond acceptors (Lipinski definition) is 3. The SMILES string of the molecule is Cc1cc(C(=O)NCC(C)CCO)sc1C. The maximum absolute atomic E-state index is 11.8. The molecule has 1 atom stereocenters. The minimum absolute atomic E-state index is 0.00834. The number of amides is 1. The highest BCUT2D eigenvalue weighted by atomic mass is 32.1. The highest BCUT2D eigenvalue weighted by Crippen LogP contribution is 2.20. The van der Waals surface area contributed by atoms with Crippen molar-refractivity contribution in [2.24, 2.45) is 5.92 Å². The van der Waals surface area contributed by atoms with Crippen molar-refractivity contribution in [2.75, 3.05) is 13.2 Å². The van der Waals surface area contributed by atoms with Crippen LogP contribution >= 0.6 is 11.3 Å². The summed E-state index contributed by atoms with van der Waals surface area (Å²) in [6.45, 7) is 6.84. The van der Waals surface area contributed by atoms with Crippen LogP contribution in [0.15, 0.2) is 6.07 Å². The second-order valence-corrected chi connectivity index (χ2v) is 5.43. The van der Waals surface area contributed by atoms with Crippen LogP contribution in [0, 0.1) is 19.8 Å². The number of aliphatic hydroxyl groups is 1. The van der Waals surface area contributed by atoms with E-state index in [9.17, 15) is 4.79 Å². The minimum Gasteiger partial charge on any atom is -0.396 e. The Bertz CT molecular complexity index is 340. The van der Waals surface area contributed by atoms with Crippen LogP contribution in [-0.4, -0.2) is 24.2 Å². The standard InChI is InChI=1S/C12H19NO2S/c1-8(4-5-14)7-13-12(15)11-6-9(2)10(3)16-11/h6,8,14H,4-5,7H2,1-3H3,(H,13,15). The lowest BCUT2D eigenvalue weighted by atomic mass is 10.1. The smallest absolute Gasteiger partial charge is 0.261 e. The first-order chi connectivity index (χ1) is 7.54. The number of aliphatic hydroxyl groups excluding tert-OH is 1. The van der Waals surface area contributed by atoms with Gasteiger partial charge in [0, 0.05) is 18.0 Å². The van der Waals surface area contributed by atoms with Gasteiger partial charge in [0.15, 0.2) is 0 Å². The van der Waals surface area contributed by atoms with Gasteiger partial charge in [-0.05, 0) is 37.8 Å². The molecule has 1 aromatic rings. The van der Waals surface area contributed by atoms with Crippen LogP contribution < -0.4 is 5.32 Å². The van der Waals surface area contributed by atoms with E-state index in [0.717, 1.165) is 11.3 Å². The van der Waals surface area contributed by atoms with Crippen LogP contribution in [0.2, 0.25) is 0 Å². The number of carbonyl (C=O) groups excluding carboxylic acids is 1. The van der Waals surface area contributed by atoms with E-state index < -0.39 is 0 Å². The van der Waals surface area contributed by atoms with Crippen molar-refractivity contribution in [2.45, 2.75) is 27.2 Å². The van der Waals surface area contributed by atoms with Crippen molar-refractivity contribution in [3.05, 3.63) is 21.4 Å². The van der Waals surface area contributed by atoms with Gasteiger partial charge in [0.2, 0.25) is 0 Å². The molecule has 90 valence electrons. The largest absolute Gasteiger partial charge is 0.396 e. The van der Waals surface area contributed by atoms with Gasteiger partial charge in [-0.3, -0.25) is 4.79 Å². The summed E-state index contributed by atoms with van der Waals surface area (Å²) in [4.78, 5) is 13.7. The number of thiophene rings is 1. The second-order valence-electron chi connectivity index (χ2n) is 4.18. The number of aryl methyl sites for hydroxylation is 2. The zero-order valence-corrected chi connectivity index (χ0v) is 10.9. The van der Waals surface area contributed by atoms with E-state index in [-0.39, 0.29) is 12.5 Å². The third kappa shape index (κ3) is 3.61. The Morgan fingerprint density at radius 1 is 1.56 bits per heavy atom. The molecule has 16 heavy (non-hydrogen) atoms. The van der Waals surface area contributed by atoms with Crippen LogP contribution in [0.25, 0.3) is 0 Å². The van der Waals surface area contributed by atoms with Gasteiger partial charge < -0.3 is 10.4 Å². The maximum atomic E-state index is 11.8. The van der Waals surface area contributed by atoms with Crippen LogP contribution in [0.5, 0.6) is 0 Å². The zero-order valence-electron chi connectivity index (χ0n) is 10.0. The molecule has 0 aliphatic heterocycles. The summed E-state index contributed by atoms with van der Waals surface area (Å²) in [5, 5.41) is 11.6. The van der Waals surface area contributed by atoms with Gasteiger partial charge in [0.05, 0.1) is 4.88 Å². The average molecular weight is 241 g/mol. The third-order valence-corrected chi connectivity index (χ3v) is 3.77. The number of nitrogens with one attached hydrogen (secondary N) is 1. The number of carbonyl (C=O) groups is 1. The van der Waals surface area contributed by atoms with Gasteiger partial charge in [-0.2, -0.15) is 0 Å². The third-order valence-electron chi connectivity index (χ3n) is 2.62. The first-order valence-electron chi connectivity index (χ1n) is 5.50. The summed E-state index contributed by atoms with van der Waals surface area (Å²) >= 11 is 1.53. The number of hydrogen-bond donors (Lipinski definition) is 2. The minimum atomic E-state index is -0.00834. The lowest BCUT2D eigenvalue weighted by Crippen LogP contribution is -2.28. The van der Waals surface area contributed by atoms with Crippen LogP contribution in [-0.2, 0) is 0 Å². The molecule has 0 saturated heterocycles. The quantitative estimate of drug-likeness (QED) is 0.829. The summed E-state index contributed by atoms with van der Waals surface area (Å²) in [7, 11) is 0. The van der Waals surface area contributed by atoms with Gasteiger partial charge in [-0.1, -0.05) is 6.92 Å². The van der Waals surface area contributed by atoms with E-state index in [1.54, 1.807) is 0 Å². The van der Waals surface area contributed by atoms with Crippen molar-refractivity contribution >= 4 is 17.2 Å². The molecule has 0 aliphatic rings. The molecule has 0 fully saturated rings. The highest BCUT2D eigenvalue weighted by Gasteiger charge is 2.11. The van der Waals surface area contributed by atoms with E-state index in [0.29, 0.717) is 12.5 Å². The monoisotopic (exact) mass is 241 g/mol. The van der Waals surface area contributed by atoms with Crippen molar-refractivity contribution in [3.8, 4) is 0 Å². The lowest BCUT2D eigenvalue weighted by molar-refractivity contribution is 0.0949. The predicted molar refractivity (Wildman–Crippen MR) is 67.0 cm³/mol. The molecule has 0 aromatic carbocycles. The normalized spacial score (nSPS) is 12.5. The van der Waals surface area contributed by atoms with Crippen LogP contribution in [0.1, 0.15) is 33.5 Å². The van der Waals surface area contributed by atoms with E-state index in [2.05, 4.69) is 5.32 Å². The summed E-state index contributed by atoms with van der Waals surface area (Å²) in [5.74, 6) is 0.307. The second kappa shape index (κ2) is 6.01. The van der Waals surface area contributed by atoms with Crippen LogP contribution in [0.4, 0.5) is 0 Å². The molecule has 1 rings (SSSR count). The molecule has 0 radical (unpaired) electrons. The molecular weight excluding hydrogens is 222 g/mol. The lowest BCUT2D eigenvalue weighted by Gasteiger charge is -2.10. The van der Waals surface area contributed by atoms with Gasteiger partial charge in [0.25, 0.3) is 5.91 Å². The van der Waals surface area contributed by atoms with E-state index in [4.69, 9.17) is 5.11 Å². The predicted octanol–water partition coefficient (Wildman–Crippen LogP) is 2.11. The molecule has 1 unspecified atom stereocenters. The Morgan fingerprint density at radius 2 is 2.25 bits per heavy atom. The Hall–Kier alpha value is -0.870. The Labute approximate surface area is 100 Å². The number of rotatable bonds is 5. The van der Waals surface area contributed by atoms with E-state index in [1.807, 2.05) is 26.8 Å². The molecule has 4 heteroatoms. The van der Waals surface area contributed by atoms with Gasteiger partial charge in [-0.15, -0.1) is 11.3 Å². The van der Waals surface area contributed by atoms with Gasteiger partial charge in [-0.25, -0.2) is 0 Å². The molecule has 1 amide bonds. The summed E-state index contributed by atoms with van der Waals surface area (Å²) in [6.07, 6.45) is 0.725. The fourth-order valence-corrected chi connectivity index (χ4v) is 2.31. The highest BCUT2D eigenvalue weighted by molar-refractivity contribution is 7.14. The Balaban J connectivity index is 2.46. The molecule has 3 nitrogen and oxygen atoms in total. The molecular formula is C12H19NO2S. The molecule has 0 bridgehead atoms. The van der Waals surface area contributed by atoms with Crippen LogP contribution in [0.3, 0.4) is 0 Å². The fraction of sp³-hybridized carbons (Fsp3) is 0.583. The Morgan fingerprint density at radius 3 is 2.75 bits per heavy atom. The topological polar surface area (TPSA) is 49.3 Å². The van der Waals surface area contributed by atoms with Gasteiger partial charge in [0.1, 0.15) is 0 Å². The van der Waals surface area contributed by atoms with Crippen molar-refractivity contribution in [1.82, 2.24) is 5.32 Å². The fourth-order valence-electron chi connectivity index (χ4n) is 1.36. The molecule has 1 heterocycles. The molecule has 0 saturated carbocycles. The van der Waals surface area contributed by atoms with Gasteiger partial charge >= 0.3 is 0 Å². The Kier molecular flexibility index (Phi) is 4.96. The summed E-state index contributed by atoms with van der Waals surface area (Å²) in [6, 6.07) is 1.92. The maximum Gasteiger partial charge on any atom is 0.261 e. The molecule has 1 aromatic heterocycles. The summed E-state index contributed by atoms with van der Waals surface area (Å²) in [5.41, 5.74) is 1.17. The average Bonchev–Trinajstić information content (AvgIpc) is 2.56. The van der Waals surface area contributed by atoms with Crippen molar-refractivity contribution in [3.63, 3.8) is 0 Å². The molecule has 0 spiro atoms. The molecule has 0 aliphatic carbocycles. The van der Waals surface area contributed by atoms with Crippen molar-refractivity contribution in [1.29, 1.82) is 0 Å². The summed E-state index contributed by atoms with van der Waals surface area (Å²) < 4.78 is 0. The zero-order chi connectivity index (χ0) is 12.1. The first kappa shape index (κ1) is 13.2. The van der Waals surface area contributed by atoms with Crippen molar-refractivity contribution < 1.29 is 9.90 Å². The first-order valence-corrected chi connectivity index (χ1v) is 6.32. The molecule has 2 N–H and O–H groups in total. The van der Waals surface area contributed by atoms with E-state index >= 15 is 0 Å².